The molecule has 0 aliphatic heterocycles. The molecule has 92 valence electrons. The molecule has 0 unspecified atom stereocenters. The van der Waals surface area contributed by atoms with Crippen LogP contribution in [-0.4, -0.2) is 12.1 Å². The smallest absolute Gasteiger partial charge is 0.131 e. The van der Waals surface area contributed by atoms with Crippen molar-refractivity contribution >= 4 is 6.08 Å². The zero-order valence-corrected chi connectivity index (χ0v) is 10.4. The molecule has 0 amide bonds. The number of aryl methyl sites for hydroxylation is 1. The molecule has 0 radical (unpaired) electrons. The number of pyridine rings is 1. The van der Waals surface area contributed by atoms with Gasteiger partial charge in [0.25, 0.3) is 0 Å². The van der Waals surface area contributed by atoms with Gasteiger partial charge in [0.15, 0.2) is 0 Å². The summed E-state index contributed by atoms with van der Waals surface area (Å²) in [6.07, 6.45) is 3.32. The summed E-state index contributed by atoms with van der Waals surface area (Å²) in [5.41, 5.74) is 2.99. The topological polar surface area (TPSA) is 22.1 Å². The number of rotatable bonds is 3. The largest absolute Gasteiger partial charge is 0.497 e. The van der Waals surface area contributed by atoms with Crippen molar-refractivity contribution in [3.05, 3.63) is 54.1 Å². The summed E-state index contributed by atoms with van der Waals surface area (Å²) in [4.78, 5) is 4.24. The first-order chi connectivity index (χ1) is 8.65. The van der Waals surface area contributed by atoms with E-state index in [9.17, 15) is 4.39 Å². The van der Waals surface area contributed by atoms with Gasteiger partial charge in [-0.2, -0.15) is 0 Å². The van der Waals surface area contributed by atoms with Crippen molar-refractivity contribution in [2.24, 2.45) is 0 Å². The van der Waals surface area contributed by atoms with Crippen LogP contribution >= 0.6 is 0 Å². The summed E-state index contributed by atoms with van der Waals surface area (Å²) in [7, 11) is 1.56. The average molecular weight is 243 g/mol. The molecule has 2 aromatic rings. The monoisotopic (exact) mass is 243 g/mol. The third-order valence-corrected chi connectivity index (χ3v) is 2.80. The predicted molar refractivity (Wildman–Crippen MR) is 71.0 cm³/mol. The van der Waals surface area contributed by atoms with Gasteiger partial charge in [0, 0.05) is 17.3 Å². The van der Waals surface area contributed by atoms with Crippen molar-refractivity contribution in [1.29, 1.82) is 0 Å². The van der Waals surface area contributed by atoms with E-state index >= 15 is 0 Å². The van der Waals surface area contributed by atoms with Crippen molar-refractivity contribution in [2.45, 2.75) is 6.92 Å². The highest BCUT2D eigenvalue weighted by atomic mass is 19.1. The predicted octanol–water partition coefficient (Wildman–Crippen LogP) is 3.85. The maximum atomic E-state index is 13.8. The zero-order chi connectivity index (χ0) is 13.1. The number of hydrogen-bond acceptors (Lipinski definition) is 2. The second kappa shape index (κ2) is 5.00. The van der Waals surface area contributed by atoms with Gasteiger partial charge in [-0.3, -0.25) is 4.98 Å². The SMILES string of the molecule is C=Cc1ncc(-c2cc(OC)ccc2F)cc1C. The number of aromatic nitrogens is 1. The van der Waals surface area contributed by atoms with Gasteiger partial charge in [-0.25, -0.2) is 4.39 Å². The lowest BCUT2D eigenvalue weighted by Gasteiger charge is -2.08. The van der Waals surface area contributed by atoms with Crippen LogP contribution in [0.1, 0.15) is 11.3 Å². The molecule has 2 nitrogen and oxygen atoms in total. The van der Waals surface area contributed by atoms with Crippen molar-refractivity contribution in [3.8, 4) is 16.9 Å². The fraction of sp³-hybridized carbons (Fsp3) is 0.133. The summed E-state index contributed by atoms with van der Waals surface area (Å²) < 4.78 is 18.9. The number of nitrogens with zero attached hydrogens (tertiary/aromatic N) is 1. The fourth-order valence-electron chi connectivity index (χ4n) is 1.80. The van der Waals surface area contributed by atoms with E-state index in [1.54, 1.807) is 31.5 Å². The minimum absolute atomic E-state index is 0.289. The van der Waals surface area contributed by atoms with E-state index in [0.717, 1.165) is 16.8 Å². The first kappa shape index (κ1) is 12.3. The highest BCUT2D eigenvalue weighted by Crippen LogP contribution is 2.27. The van der Waals surface area contributed by atoms with Gasteiger partial charge in [0.05, 0.1) is 12.8 Å². The van der Waals surface area contributed by atoms with E-state index < -0.39 is 0 Å². The van der Waals surface area contributed by atoms with Crippen LogP contribution in [-0.2, 0) is 0 Å². The van der Waals surface area contributed by atoms with Crippen LogP contribution in [0.25, 0.3) is 17.2 Å². The van der Waals surface area contributed by atoms with Gasteiger partial charge in [-0.15, -0.1) is 0 Å². The Hall–Kier alpha value is -2.16. The van der Waals surface area contributed by atoms with Gasteiger partial charge in [0.1, 0.15) is 11.6 Å². The molecule has 0 atom stereocenters. The molecule has 1 aromatic carbocycles. The molecular formula is C15H14FNO. The summed E-state index contributed by atoms with van der Waals surface area (Å²) in [6.45, 7) is 5.60. The van der Waals surface area contributed by atoms with E-state index in [1.165, 1.54) is 6.07 Å². The molecule has 18 heavy (non-hydrogen) atoms. The maximum absolute atomic E-state index is 13.8. The van der Waals surface area contributed by atoms with Crippen LogP contribution in [0.4, 0.5) is 4.39 Å². The number of halogens is 1. The highest BCUT2D eigenvalue weighted by Gasteiger charge is 2.08. The van der Waals surface area contributed by atoms with Gasteiger partial charge in [-0.05, 0) is 42.8 Å². The minimum atomic E-state index is -0.289. The lowest BCUT2D eigenvalue weighted by atomic mass is 10.0. The summed E-state index contributed by atoms with van der Waals surface area (Å²) in [5.74, 6) is 0.334. The molecule has 0 fully saturated rings. The Bertz CT molecular complexity index is 593. The molecule has 1 heterocycles. The fourth-order valence-corrected chi connectivity index (χ4v) is 1.80. The zero-order valence-electron chi connectivity index (χ0n) is 10.4. The molecule has 1 aromatic heterocycles. The Morgan fingerprint density at radius 3 is 2.72 bits per heavy atom. The molecular weight excluding hydrogens is 229 g/mol. The summed E-state index contributed by atoms with van der Waals surface area (Å²) in [5, 5.41) is 0. The summed E-state index contributed by atoms with van der Waals surface area (Å²) >= 11 is 0. The molecule has 0 spiro atoms. The minimum Gasteiger partial charge on any atom is -0.497 e. The number of benzene rings is 1. The van der Waals surface area contributed by atoms with E-state index in [1.807, 2.05) is 13.0 Å². The van der Waals surface area contributed by atoms with E-state index in [2.05, 4.69) is 11.6 Å². The second-order valence-corrected chi connectivity index (χ2v) is 3.98. The number of ether oxygens (including phenoxy) is 1. The average Bonchev–Trinajstić information content (AvgIpc) is 2.39. The van der Waals surface area contributed by atoms with Gasteiger partial charge >= 0.3 is 0 Å². The second-order valence-electron chi connectivity index (χ2n) is 3.98. The standard InChI is InChI=1S/C15H14FNO/c1-4-15-10(2)7-11(9-17-15)13-8-12(18-3)5-6-14(13)16/h4-9H,1H2,2-3H3. The number of hydrogen-bond donors (Lipinski definition) is 0. The molecule has 0 saturated heterocycles. The van der Waals surface area contributed by atoms with E-state index in [4.69, 9.17) is 4.74 Å². The van der Waals surface area contributed by atoms with Crippen molar-refractivity contribution < 1.29 is 9.13 Å². The lowest BCUT2D eigenvalue weighted by Crippen LogP contribution is -1.92. The third kappa shape index (κ3) is 2.25. The Labute approximate surface area is 106 Å². The number of methoxy groups -OCH3 is 1. The van der Waals surface area contributed by atoms with Gasteiger partial charge in [0.2, 0.25) is 0 Å². The molecule has 0 aliphatic carbocycles. The van der Waals surface area contributed by atoms with Crippen LogP contribution in [0.3, 0.4) is 0 Å². The molecule has 2 rings (SSSR count). The molecule has 0 aliphatic rings. The third-order valence-electron chi connectivity index (χ3n) is 2.80. The van der Waals surface area contributed by atoms with Crippen LogP contribution in [0.15, 0.2) is 37.0 Å². The van der Waals surface area contributed by atoms with E-state index in [0.29, 0.717) is 11.3 Å². The first-order valence-electron chi connectivity index (χ1n) is 5.58. The van der Waals surface area contributed by atoms with Crippen molar-refractivity contribution in [2.75, 3.05) is 7.11 Å². The Kier molecular flexibility index (Phi) is 3.42. The first-order valence-corrected chi connectivity index (χ1v) is 5.58. The van der Waals surface area contributed by atoms with Crippen LogP contribution in [0.2, 0.25) is 0 Å². The van der Waals surface area contributed by atoms with Crippen LogP contribution < -0.4 is 4.74 Å². The Balaban J connectivity index is 2.54. The lowest BCUT2D eigenvalue weighted by molar-refractivity contribution is 0.414. The summed E-state index contributed by atoms with van der Waals surface area (Å²) in [6, 6.07) is 6.55. The van der Waals surface area contributed by atoms with Gasteiger partial charge in [-0.1, -0.05) is 6.58 Å². The molecule has 0 N–H and O–H groups in total. The van der Waals surface area contributed by atoms with Crippen molar-refractivity contribution in [3.63, 3.8) is 0 Å². The Morgan fingerprint density at radius 2 is 2.11 bits per heavy atom. The van der Waals surface area contributed by atoms with Crippen LogP contribution in [0.5, 0.6) is 5.75 Å². The Morgan fingerprint density at radius 1 is 1.33 bits per heavy atom. The molecule has 0 bridgehead atoms. The molecule has 0 saturated carbocycles. The normalized spacial score (nSPS) is 10.2. The highest BCUT2D eigenvalue weighted by molar-refractivity contribution is 5.67. The van der Waals surface area contributed by atoms with Crippen LogP contribution in [0, 0.1) is 12.7 Å². The maximum Gasteiger partial charge on any atom is 0.131 e. The van der Waals surface area contributed by atoms with Crippen molar-refractivity contribution in [1.82, 2.24) is 4.98 Å². The van der Waals surface area contributed by atoms with Gasteiger partial charge < -0.3 is 4.74 Å². The molecule has 3 heteroatoms. The quantitative estimate of drug-likeness (QED) is 0.817. The van der Waals surface area contributed by atoms with E-state index in [-0.39, 0.29) is 5.82 Å².